The highest BCUT2D eigenvalue weighted by atomic mass is 16.4. The Bertz CT molecular complexity index is 396. The van der Waals surface area contributed by atoms with Crippen molar-refractivity contribution >= 4 is 5.97 Å². The first-order valence-corrected chi connectivity index (χ1v) is 15.0. The molecule has 0 radical (unpaired) electrons. The van der Waals surface area contributed by atoms with Crippen LogP contribution in [0.1, 0.15) is 174 Å². The Balaban J connectivity index is 3.45. The van der Waals surface area contributed by atoms with E-state index in [1.54, 1.807) is 0 Å². The van der Waals surface area contributed by atoms with Crippen molar-refractivity contribution in [2.45, 2.75) is 180 Å². The predicted molar refractivity (Wildman–Crippen MR) is 144 cm³/mol. The maximum Gasteiger partial charge on any atom is 0.306 e. The van der Waals surface area contributed by atoms with Crippen LogP contribution in [0.15, 0.2) is 0 Å². The third-order valence-electron chi connectivity index (χ3n) is 7.24. The highest BCUT2D eigenvalue weighted by Crippen LogP contribution is 2.20. The van der Waals surface area contributed by atoms with Crippen molar-refractivity contribution in [1.29, 1.82) is 0 Å². The number of rotatable bonds is 27. The van der Waals surface area contributed by atoms with Crippen LogP contribution >= 0.6 is 0 Å². The van der Waals surface area contributed by atoms with Crippen LogP contribution in [-0.4, -0.2) is 22.3 Å². The molecule has 0 aromatic heterocycles. The molecular weight excluding hydrogens is 408 g/mol. The Kier molecular flexibility index (Phi) is 25.6. The van der Waals surface area contributed by atoms with Crippen molar-refractivity contribution in [2.24, 2.45) is 5.92 Å². The molecule has 3 heteroatoms. The second-order valence-electron chi connectivity index (χ2n) is 10.6. The summed E-state index contributed by atoms with van der Waals surface area (Å²) in [5, 5.41) is 19.5. The Morgan fingerprint density at radius 2 is 0.758 bits per heavy atom. The molecule has 0 fully saturated rings. The lowest BCUT2D eigenvalue weighted by Gasteiger charge is -2.12. The van der Waals surface area contributed by atoms with Crippen LogP contribution in [-0.2, 0) is 4.79 Å². The minimum atomic E-state index is -0.580. The van der Waals surface area contributed by atoms with E-state index in [0.717, 1.165) is 38.5 Å². The maximum absolute atomic E-state index is 11.5. The molecule has 198 valence electrons. The minimum Gasteiger partial charge on any atom is -0.481 e. The molecule has 0 aliphatic rings. The fraction of sp³-hybridized carbons (Fsp3) is 0.967. The summed E-state index contributed by atoms with van der Waals surface area (Å²) in [6, 6.07) is 0. The zero-order valence-electron chi connectivity index (χ0n) is 22.6. The van der Waals surface area contributed by atoms with Gasteiger partial charge < -0.3 is 10.2 Å². The topological polar surface area (TPSA) is 57.5 Å². The van der Waals surface area contributed by atoms with Gasteiger partial charge >= 0.3 is 5.97 Å². The Hall–Kier alpha value is -0.570. The standard InChI is InChI=1S/C30H60O3/c1-3-5-7-9-10-14-17-20-24-28(30(32)33)25-21-18-15-12-11-13-16-19-23-27-29(31)26-22-8-6-4-2/h28-29,31H,3-27H2,1-2H3,(H,32,33). The van der Waals surface area contributed by atoms with E-state index in [0.29, 0.717) is 0 Å². The predicted octanol–water partition coefficient (Wildman–Crippen LogP) is 9.84. The van der Waals surface area contributed by atoms with Crippen LogP contribution < -0.4 is 0 Å². The van der Waals surface area contributed by atoms with Gasteiger partial charge in [-0.3, -0.25) is 4.79 Å². The molecule has 0 amide bonds. The molecule has 0 spiro atoms. The van der Waals surface area contributed by atoms with Crippen LogP contribution in [0.4, 0.5) is 0 Å². The van der Waals surface area contributed by atoms with Gasteiger partial charge in [0.05, 0.1) is 12.0 Å². The van der Waals surface area contributed by atoms with Crippen LogP contribution in [0, 0.1) is 5.92 Å². The summed E-state index contributed by atoms with van der Waals surface area (Å²) in [5.41, 5.74) is 0. The SMILES string of the molecule is CCCCCCCCCCC(CCCCCCCCCCCC(O)CCCCCC)C(=O)O. The molecule has 2 N–H and O–H groups in total. The first kappa shape index (κ1) is 32.4. The molecule has 3 nitrogen and oxygen atoms in total. The number of unbranched alkanes of at least 4 members (excludes halogenated alkanes) is 18. The first-order chi connectivity index (χ1) is 16.1. The fourth-order valence-corrected chi connectivity index (χ4v) is 4.88. The summed E-state index contributed by atoms with van der Waals surface area (Å²) in [4.78, 5) is 11.5. The highest BCUT2D eigenvalue weighted by Gasteiger charge is 2.16. The van der Waals surface area contributed by atoms with Crippen LogP contribution in [0.5, 0.6) is 0 Å². The molecule has 2 atom stereocenters. The fourth-order valence-electron chi connectivity index (χ4n) is 4.88. The largest absolute Gasteiger partial charge is 0.481 e. The molecule has 0 saturated carbocycles. The van der Waals surface area contributed by atoms with E-state index in [1.165, 1.54) is 122 Å². The lowest BCUT2D eigenvalue weighted by atomic mass is 9.94. The van der Waals surface area contributed by atoms with Gasteiger partial charge in [-0.1, -0.05) is 149 Å². The Morgan fingerprint density at radius 1 is 0.485 bits per heavy atom. The van der Waals surface area contributed by atoms with Crippen molar-refractivity contribution in [1.82, 2.24) is 0 Å². The molecule has 0 aliphatic carbocycles. The van der Waals surface area contributed by atoms with E-state index in [-0.39, 0.29) is 12.0 Å². The van der Waals surface area contributed by atoms with E-state index in [2.05, 4.69) is 13.8 Å². The quantitative estimate of drug-likeness (QED) is 0.118. The van der Waals surface area contributed by atoms with Crippen molar-refractivity contribution < 1.29 is 15.0 Å². The van der Waals surface area contributed by atoms with E-state index in [9.17, 15) is 15.0 Å². The molecule has 2 unspecified atom stereocenters. The summed E-state index contributed by atoms with van der Waals surface area (Å²) < 4.78 is 0. The third-order valence-corrected chi connectivity index (χ3v) is 7.24. The number of aliphatic hydroxyl groups is 1. The molecule has 33 heavy (non-hydrogen) atoms. The summed E-state index contributed by atoms with van der Waals surface area (Å²) in [7, 11) is 0. The second-order valence-corrected chi connectivity index (χ2v) is 10.6. The average molecular weight is 469 g/mol. The smallest absolute Gasteiger partial charge is 0.306 e. The lowest BCUT2D eigenvalue weighted by molar-refractivity contribution is -0.142. The minimum absolute atomic E-state index is 0.0768. The molecular formula is C30H60O3. The van der Waals surface area contributed by atoms with Crippen LogP contribution in [0.3, 0.4) is 0 Å². The summed E-state index contributed by atoms with van der Waals surface area (Å²) in [5.74, 6) is -0.698. The second kappa shape index (κ2) is 26.0. The summed E-state index contributed by atoms with van der Waals surface area (Å²) in [6.45, 7) is 4.48. The van der Waals surface area contributed by atoms with Crippen molar-refractivity contribution in [3.05, 3.63) is 0 Å². The molecule has 0 aliphatic heterocycles. The van der Waals surface area contributed by atoms with E-state index >= 15 is 0 Å². The van der Waals surface area contributed by atoms with Gasteiger partial charge in [0.2, 0.25) is 0 Å². The van der Waals surface area contributed by atoms with Gasteiger partial charge in [-0.05, 0) is 25.7 Å². The van der Waals surface area contributed by atoms with Gasteiger partial charge in [0.1, 0.15) is 0 Å². The van der Waals surface area contributed by atoms with Gasteiger partial charge in [0.15, 0.2) is 0 Å². The molecule has 0 rings (SSSR count). The number of carboxylic acid groups (broad SMARTS) is 1. The van der Waals surface area contributed by atoms with Gasteiger partial charge in [0, 0.05) is 0 Å². The number of hydrogen-bond acceptors (Lipinski definition) is 2. The Morgan fingerprint density at radius 3 is 1.09 bits per heavy atom. The number of hydrogen-bond donors (Lipinski definition) is 2. The molecule has 0 heterocycles. The van der Waals surface area contributed by atoms with Crippen LogP contribution in [0.2, 0.25) is 0 Å². The monoisotopic (exact) mass is 468 g/mol. The number of carbonyl (C=O) groups is 1. The summed E-state index contributed by atoms with van der Waals surface area (Å²) >= 11 is 0. The molecule has 0 bridgehead atoms. The van der Waals surface area contributed by atoms with E-state index in [1.807, 2.05) is 0 Å². The molecule has 0 aromatic rings. The van der Waals surface area contributed by atoms with Crippen molar-refractivity contribution in [3.63, 3.8) is 0 Å². The van der Waals surface area contributed by atoms with Gasteiger partial charge in [-0.2, -0.15) is 0 Å². The zero-order chi connectivity index (χ0) is 24.4. The number of aliphatic hydroxyl groups excluding tert-OH is 1. The van der Waals surface area contributed by atoms with Crippen LogP contribution in [0.25, 0.3) is 0 Å². The average Bonchev–Trinajstić information content (AvgIpc) is 2.80. The van der Waals surface area contributed by atoms with E-state index in [4.69, 9.17) is 0 Å². The van der Waals surface area contributed by atoms with Crippen molar-refractivity contribution in [2.75, 3.05) is 0 Å². The van der Waals surface area contributed by atoms with Crippen molar-refractivity contribution in [3.8, 4) is 0 Å². The number of carboxylic acids is 1. The van der Waals surface area contributed by atoms with E-state index < -0.39 is 5.97 Å². The lowest BCUT2D eigenvalue weighted by Crippen LogP contribution is -2.13. The molecule has 0 aromatic carbocycles. The van der Waals surface area contributed by atoms with Gasteiger partial charge in [-0.15, -0.1) is 0 Å². The van der Waals surface area contributed by atoms with Gasteiger partial charge in [0.25, 0.3) is 0 Å². The highest BCUT2D eigenvalue weighted by molar-refractivity contribution is 5.69. The summed E-state index contributed by atoms with van der Waals surface area (Å²) in [6.07, 6.45) is 30.0. The molecule has 0 saturated heterocycles. The number of aliphatic carboxylic acids is 1. The van der Waals surface area contributed by atoms with Gasteiger partial charge in [-0.25, -0.2) is 0 Å². The first-order valence-electron chi connectivity index (χ1n) is 15.0. The normalized spacial score (nSPS) is 13.3. The third kappa shape index (κ3) is 24.4. The Labute approximate surface area is 207 Å². The maximum atomic E-state index is 11.5. The zero-order valence-corrected chi connectivity index (χ0v) is 22.6.